The number of benzene rings is 1. The molecule has 0 fully saturated rings. The molecule has 0 radical (unpaired) electrons. The van der Waals surface area contributed by atoms with Crippen molar-refractivity contribution in [3.05, 3.63) is 56.7 Å². The van der Waals surface area contributed by atoms with Crippen LogP contribution in [-0.2, 0) is 16.6 Å². The maximum absolute atomic E-state index is 12.3. The van der Waals surface area contributed by atoms with Gasteiger partial charge in [0, 0.05) is 26.2 Å². The molecule has 0 saturated carbocycles. The second-order valence-corrected chi connectivity index (χ2v) is 7.17. The third kappa shape index (κ3) is 3.74. The summed E-state index contributed by atoms with van der Waals surface area (Å²) >= 11 is 6.46. The average Bonchev–Trinajstić information content (AvgIpc) is 2.38. The maximum Gasteiger partial charge on any atom is 0.336 e. The van der Waals surface area contributed by atoms with Crippen LogP contribution in [0.2, 0.25) is 0 Å². The highest BCUT2D eigenvalue weighted by Gasteiger charge is 2.13. The molecule has 0 aliphatic rings. The van der Waals surface area contributed by atoms with E-state index in [4.69, 9.17) is 5.11 Å². The summed E-state index contributed by atoms with van der Waals surface area (Å²) < 4.78 is 13.6. The Morgan fingerprint density at radius 3 is 2.65 bits per heavy atom. The molecule has 2 rings (SSSR count). The molecule has 1 atom stereocenters. The van der Waals surface area contributed by atoms with Gasteiger partial charge in [-0.25, -0.2) is 4.79 Å². The van der Waals surface area contributed by atoms with Crippen molar-refractivity contribution in [3.8, 4) is 0 Å². The first kappa shape index (κ1) is 15.3. The summed E-state index contributed by atoms with van der Waals surface area (Å²) in [6, 6.07) is 6.50. The molecule has 4 nitrogen and oxygen atoms in total. The standard InChI is InChI=1S/C13H9Br2NO3S/c14-9-3-8(5-16-6-9)7-20(19)10-1-2-12(15)11(4-10)13(17)18/h1-6H,7H2,(H,17,18). The zero-order valence-corrected chi connectivity index (χ0v) is 14.0. The normalized spacial score (nSPS) is 12.1. The number of hydrogen-bond donors (Lipinski definition) is 1. The summed E-state index contributed by atoms with van der Waals surface area (Å²) in [6.45, 7) is 0. The summed E-state index contributed by atoms with van der Waals surface area (Å²) in [5, 5.41) is 9.05. The van der Waals surface area contributed by atoms with Crippen LogP contribution in [0.15, 0.2) is 50.5 Å². The van der Waals surface area contributed by atoms with E-state index in [0.29, 0.717) is 9.37 Å². The van der Waals surface area contributed by atoms with Crippen LogP contribution in [0.5, 0.6) is 0 Å². The lowest BCUT2D eigenvalue weighted by Gasteiger charge is -2.05. The van der Waals surface area contributed by atoms with Crippen LogP contribution in [0.25, 0.3) is 0 Å². The second kappa shape index (κ2) is 6.60. The number of aromatic nitrogens is 1. The first-order chi connectivity index (χ1) is 9.47. The van der Waals surface area contributed by atoms with Crippen molar-refractivity contribution < 1.29 is 14.1 Å². The SMILES string of the molecule is O=C(O)c1cc(S(=O)Cc2cncc(Br)c2)ccc1Br. The first-order valence-corrected chi connectivity index (χ1v) is 8.38. The van der Waals surface area contributed by atoms with Gasteiger partial charge in [-0.15, -0.1) is 0 Å². The molecule has 7 heteroatoms. The number of nitrogens with zero attached hydrogens (tertiary/aromatic N) is 1. The molecule has 1 unspecified atom stereocenters. The fourth-order valence-corrected chi connectivity index (χ4v) is 3.50. The van der Waals surface area contributed by atoms with Gasteiger partial charge in [0.15, 0.2) is 0 Å². The summed E-state index contributed by atoms with van der Waals surface area (Å²) in [5.74, 6) is -0.771. The van der Waals surface area contributed by atoms with Gasteiger partial charge in [-0.2, -0.15) is 0 Å². The van der Waals surface area contributed by atoms with Gasteiger partial charge in [0.2, 0.25) is 0 Å². The number of carboxylic acid groups (broad SMARTS) is 1. The monoisotopic (exact) mass is 417 g/mol. The number of pyridine rings is 1. The van der Waals surface area contributed by atoms with Crippen molar-refractivity contribution in [3.63, 3.8) is 0 Å². The number of aromatic carboxylic acids is 1. The van der Waals surface area contributed by atoms with E-state index >= 15 is 0 Å². The molecule has 20 heavy (non-hydrogen) atoms. The Labute approximate surface area is 135 Å². The van der Waals surface area contributed by atoms with E-state index in [0.717, 1.165) is 10.0 Å². The highest BCUT2D eigenvalue weighted by atomic mass is 79.9. The quantitative estimate of drug-likeness (QED) is 0.823. The van der Waals surface area contributed by atoms with E-state index in [2.05, 4.69) is 36.8 Å². The van der Waals surface area contributed by atoms with E-state index in [-0.39, 0.29) is 11.3 Å². The van der Waals surface area contributed by atoms with Crippen LogP contribution in [0.1, 0.15) is 15.9 Å². The Bertz CT molecular complexity index is 691. The minimum atomic E-state index is -1.32. The van der Waals surface area contributed by atoms with Crippen LogP contribution in [-0.4, -0.2) is 20.3 Å². The zero-order valence-electron chi connectivity index (χ0n) is 10.0. The van der Waals surface area contributed by atoms with Gasteiger partial charge in [-0.1, -0.05) is 0 Å². The van der Waals surface area contributed by atoms with Crippen molar-refractivity contribution in [2.75, 3.05) is 0 Å². The molecule has 1 N–H and O–H groups in total. The van der Waals surface area contributed by atoms with Crippen LogP contribution in [0, 0.1) is 0 Å². The first-order valence-electron chi connectivity index (χ1n) is 5.48. The Morgan fingerprint density at radius 2 is 2.00 bits per heavy atom. The van der Waals surface area contributed by atoms with Crippen molar-refractivity contribution in [1.82, 2.24) is 4.98 Å². The van der Waals surface area contributed by atoms with Crippen LogP contribution in [0.3, 0.4) is 0 Å². The summed E-state index contributed by atoms with van der Waals surface area (Å²) in [6.07, 6.45) is 3.29. The molecule has 104 valence electrons. The zero-order chi connectivity index (χ0) is 14.7. The van der Waals surface area contributed by atoms with Crippen molar-refractivity contribution >= 4 is 48.6 Å². The molecular weight excluding hydrogens is 410 g/mol. The topological polar surface area (TPSA) is 67.3 Å². The Morgan fingerprint density at radius 1 is 1.25 bits per heavy atom. The predicted molar refractivity (Wildman–Crippen MR) is 83.2 cm³/mol. The molecule has 0 aliphatic carbocycles. The number of hydrogen-bond acceptors (Lipinski definition) is 3. The van der Waals surface area contributed by atoms with E-state index < -0.39 is 16.8 Å². The van der Waals surface area contributed by atoms with Gasteiger partial charge in [0.25, 0.3) is 0 Å². The third-order valence-corrected chi connectivity index (χ3v) is 4.99. The molecule has 0 amide bonds. The highest BCUT2D eigenvalue weighted by Crippen LogP contribution is 2.22. The lowest BCUT2D eigenvalue weighted by Crippen LogP contribution is -2.02. The van der Waals surface area contributed by atoms with Gasteiger partial charge in [0.05, 0.1) is 22.1 Å². The lowest BCUT2D eigenvalue weighted by atomic mass is 10.2. The average molecular weight is 419 g/mol. The summed E-state index contributed by atoms with van der Waals surface area (Å²) in [5.41, 5.74) is 0.917. The molecule has 1 aromatic heterocycles. The molecule has 1 aromatic carbocycles. The number of halogens is 2. The molecule has 0 spiro atoms. The van der Waals surface area contributed by atoms with Gasteiger partial charge >= 0.3 is 5.97 Å². The maximum atomic E-state index is 12.3. The minimum absolute atomic E-state index is 0.100. The summed E-state index contributed by atoms with van der Waals surface area (Å²) in [4.78, 5) is 15.5. The largest absolute Gasteiger partial charge is 0.478 e. The highest BCUT2D eigenvalue weighted by molar-refractivity contribution is 9.10. The van der Waals surface area contributed by atoms with Crippen molar-refractivity contribution in [2.24, 2.45) is 0 Å². The number of carboxylic acids is 1. The minimum Gasteiger partial charge on any atom is -0.478 e. The molecule has 1 heterocycles. The third-order valence-electron chi connectivity index (χ3n) is 2.49. The summed E-state index contributed by atoms with van der Waals surface area (Å²) in [7, 11) is -1.32. The van der Waals surface area contributed by atoms with Crippen LogP contribution >= 0.6 is 31.9 Å². The van der Waals surface area contributed by atoms with Gasteiger partial charge in [-0.05, 0) is 61.7 Å². The van der Waals surface area contributed by atoms with Gasteiger partial charge < -0.3 is 5.11 Å². The Kier molecular flexibility index (Phi) is 5.06. The molecule has 0 aliphatic heterocycles. The van der Waals surface area contributed by atoms with Gasteiger partial charge in [0.1, 0.15) is 0 Å². The van der Waals surface area contributed by atoms with Crippen LogP contribution < -0.4 is 0 Å². The molecule has 2 aromatic rings. The molecular formula is C13H9Br2NO3S. The van der Waals surface area contributed by atoms with E-state index in [1.807, 2.05) is 6.07 Å². The van der Waals surface area contributed by atoms with Crippen molar-refractivity contribution in [1.29, 1.82) is 0 Å². The number of carbonyl (C=O) groups is 1. The van der Waals surface area contributed by atoms with E-state index in [1.54, 1.807) is 24.5 Å². The molecule has 0 saturated heterocycles. The van der Waals surface area contributed by atoms with E-state index in [1.165, 1.54) is 6.07 Å². The predicted octanol–water partition coefficient (Wildman–Crippen LogP) is 3.61. The fraction of sp³-hybridized carbons (Fsp3) is 0.0769. The Balaban J connectivity index is 2.26. The van der Waals surface area contributed by atoms with Crippen molar-refractivity contribution in [2.45, 2.75) is 10.6 Å². The smallest absolute Gasteiger partial charge is 0.336 e. The fourth-order valence-electron chi connectivity index (χ4n) is 1.58. The second-order valence-electron chi connectivity index (χ2n) is 3.95. The van der Waals surface area contributed by atoms with Crippen LogP contribution in [0.4, 0.5) is 0 Å². The lowest BCUT2D eigenvalue weighted by molar-refractivity contribution is 0.0695. The number of rotatable bonds is 4. The van der Waals surface area contributed by atoms with Gasteiger partial charge in [-0.3, -0.25) is 9.19 Å². The van der Waals surface area contributed by atoms with E-state index in [9.17, 15) is 9.00 Å². The Hall–Kier alpha value is -1.05. The molecule has 0 bridgehead atoms.